The number of piperidine rings is 1. The fourth-order valence-electron chi connectivity index (χ4n) is 5.15. The summed E-state index contributed by atoms with van der Waals surface area (Å²) in [6, 6.07) is 17.2. The Morgan fingerprint density at radius 2 is 1.89 bits per heavy atom. The molecule has 1 aromatic heterocycles. The molecule has 0 saturated carbocycles. The van der Waals surface area contributed by atoms with Crippen molar-refractivity contribution in [1.82, 2.24) is 14.8 Å². The van der Waals surface area contributed by atoms with E-state index in [-0.39, 0.29) is 5.91 Å². The van der Waals surface area contributed by atoms with Gasteiger partial charge in [0.15, 0.2) is 0 Å². The van der Waals surface area contributed by atoms with Gasteiger partial charge in [-0.05, 0) is 66.8 Å². The Balaban J connectivity index is 1.35. The molecule has 37 heavy (non-hydrogen) atoms. The minimum absolute atomic E-state index is 0.0423. The number of carbonyl (C=O) groups excluding carboxylic acids is 1. The lowest BCUT2D eigenvalue weighted by atomic mass is 9.84. The van der Waals surface area contributed by atoms with Gasteiger partial charge >= 0.3 is 0 Å². The Kier molecular flexibility index (Phi) is 7.33. The molecule has 2 aliphatic heterocycles. The fourth-order valence-corrected chi connectivity index (χ4v) is 5.28. The zero-order valence-electron chi connectivity index (χ0n) is 21.3. The van der Waals surface area contributed by atoms with E-state index in [0.717, 1.165) is 59.8 Å². The molecule has 0 unspecified atom stereocenters. The topological polar surface area (TPSA) is 65.9 Å². The van der Waals surface area contributed by atoms with Crippen LogP contribution in [0.25, 0.3) is 5.57 Å². The predicted molar refractivity (Wildman–Crippen MR) is 146 cm³/mol. The number of fused-ring (bicyclic) bond motifs is 2. The molecule has 0 spiro atoms. The number of aliphatic hydroxyl groups is 1. The molecule has 2 aromatic carbocycles. The highest BCUT2D eigenvalue weighted by atomic mass is 35.5. The highest BCUT2D eigenvalue weighted by molar-refractivity contribution is 6.30. The van der Waals surface area contributed by atoms with Gasteiger partial charge in [0.05, 0.1) is 11.3 Å². The molecule has 3 heterocycles. The van der Waals surface area contributed by atoms with Crippen LogP contribution in [-0.4, -0.2) is 59.5 Å². The summed E-state index contributed by atoms with van der Waals surface area (Å²) in [6.45, 7) is 2.91. The van der Waals surface area contributed by atoms with Crippen LogP contribution in [-0.2, 0) is 12.2 Å². The second-order valence-electron chi connectivity index (χ2n) is 9.98. The van der Waals surface area contributed by atoms with Gasteiger partial charge in [0, 0.05) is 61.6 Å². The number of ether oxygens (including phenoxy) is 1. The molecule has 1 fully saturated rings. The number of likely N-dealkylation sites (tertiary alicyclic amines) is 1. The molecule has 2 aliphatic rings. The first-order valence-electron chi connectivity index (χ1n) is 12.7. The van der Waals surface area contributed by atoms with Gasteiger partial charge in [0.25, 0.3) is 5.91 Å². The van der Waals surface area contributed by atoms with E-state index in [1.165, 1.54) is 0 Å². The van der Waals surface area contributed by atoms with Gasteiger partial charge in [-0.15, -0.1) is 0 Å². The second-order valence-corrected chi connectivity index (χ2v) is 10.4. The molecule has 1 saturated heterocycles. The van der Waals surface area contributed by atoms with Crippen molar-refractivity contribution in [3.8, 4) is 5.75 Å². The van der Waals surface area contributed by atoms with Crippen molar-refractivity contribution in [3.05, 3.63) is 99.8 Å². The second kappa shape index (κ2) is 10.7. The number of hydrogen-bond donors (Lipinski definition) is 1. The molecule has 7 heteroatoms. The van der Waals surface area contributed by atoms with Gasteiger partial charge in [-0.2, -0.15) is 0 Å². The molecule has 0 atom stereocenters. The minimum atomic E-state index is -0.808. The molecule has 1 N–H and O–H groups in total. The minimum Gasteiger partial charge on any atom is -0.487 e. The van der Waals surface area contributed by atoms with E-state index in [1.807, 2.05) is 48.5 Å². The van der Waals surface area contributed by atoms with Gasteiger partial charge in [0.1, 0.15) is 12.4 Å². The molecule has 0 bridgehead atoms. The third-order valence-corrected chi connectivity index (χ3v) is 7.58. The summed E-state index contributed by atoms with van der Waals surface area (Å²) in [7, 11) is 3.51. The molecule has 0 radical (unpaired) electrons. The maximum atomic E-state index is 12.7. The van der Waals surface area contributed by atoms with Gasteiger partial charge < -0.3 is 19.6 Å². The Labute approximate surface area is 223 Å². The van der Waals surface area contributed by atoms with Gasteiger partial charge in [-0.3, -0.25) is 9.78 Å². The third kappa shape index (κ3) is 5.42. The Bertz CT molecular complexity index is 1310. The fraction of sp³-hybridized carbons (Fsp3) is 0.333. The summed E-state index contributed by atoms with van der Waals surface area (Å²) >= 11 is 6.03. The normalized spacial score (nSPS) is 17.9. The van der Waals surface area contributed by atoms with Crippen molar-refractivity contribution < 1.29 is 14.6 Å². The van der Waals surface area contributed by atoms with E-state index < -0.39 is 5.60 Å². The predicted octanol–water partition coefficient (Wildman–Crippen LogP) is 5.13. The molecular weight excluding hydrogens is 486 g/mol. The lowest BCUT2D eigenvalue weighted by Gasteiger charge is -2.38. The summed E-state index contributed by atoms with van der Waals surface area (Å²) in [5, 5.41) is 11.9. The van der Waals surface area contributed by atoms with E-state index in [1.54, 1.807) is 25.2 Å². The third-order valence-electron chi connectivity index (χ3n) is 7.33. The van der Waals surface area contributed by atoms with Crippen molar-refractivity contribution in [3.63, 3.8) is 0 Å². The number of nitrogens with zero attached hydrogens (tertiary/aromatic N) is 3. The summed E-state index contributed by atoms with van der Waals surface area (Å²) < 4.78 is 6.09. The van der Waals surface area contributed by atoms with Crippen molar-refractivity contribution in [1.29, 1.82) is 0 Å². The monoisotopic (exact) mass is 517 g/mol. The summed E-state index contributed by atoms with van der Waals surface area (Å²) in [4.78, 5) is 21.2. The first-order chi connectivity index (χ1) is 17.8. The number of benzene rings is 2. The number of halogens is 1. The lowest BCUT2D eigenvalue weighted by molar-refractivity contribution is -0.0254. The van der Waals surface area contributed by atoms with Crippen molar-refractivity contribution >= 4 is 23.1 Å². The Morgan fingerprint density at radius 3 is 2.62 bits per heavy atom. The zero-order valence-corrected chi connectivity index (χ0v) is 22.0. The van der Waals surface area contributed by atoms with Gasteiger partial charge in [-0.1, -0.05) is 35.9 Å². The van der Waals surface area contributed by atoms with Crippen LogP contribution < -0.4 is 4.74 Å². The maximum Gasteiger partial charge on any atom is 0.253 e. The van der Waals surface area contributed by atoms with E-state index in [2.05, 4.69) is 22.0 Å². The van der Waals surface area contributed by atoms with Crippen LogP contribution in [0.15, 0.2) is 66.9 Å². The van der Waals surface area contributed by atoms with Gasteiger partial charge in [-0.25, -0.2) is 0 Å². The Hall–Kier alpha value is -3.19. The highest BCUT2D eigenvalue weighted by Crippen LogP contribution is 2.38. The molecule has 1 amide bonds. The van der Waals surface area contributed by atoms with Crippen LogP contribution in [0.1, 0.15) is 52.0 Å². The average molecular weight is 518 g/mol. The quantitative estimate of drug-likeness (QED) is 0.508. The highest BCUT2D eigenvalue weighted by Gasteiger charge is 2.33. The molecule has 5 rings (SSSR count). The number of carbonyl (C=O) groups is 1. The number of aromatic nitrogens is 1. The number of amides is 1. The van der Waals surface area contributed by atoms with Crippen molar-refractivity contribution in [2.24, 2.45) is 0 Å². The standard InChI is InChI=1S/C30H32ClN3O3/c1-33(2)29(35)21-7-12-28-26(19-21)24(25-5-3-15-32-27(25)20-37-28)6-4-16-34-17-13-30(36,14-18-34)22-8-10-23(31)11-9-22/h3,5-12,15,19,36H,4,13-14,16-18,20H2,1-2H3. The van der Waals surface area contributed by atoms with E-state index >= 15 is 0 Å². The van der Waals surface area contributed by atoms with Crippen LogP contribution in [0.3, 0.4) is 0 Å². The smallest absolute Gasteiger partial charge is 0.253 e. The molecule has 192 valence electrons. The van der Waals surface area contributed by atoms with Crippen molar-refractivity contribution in [2.45, 2.75) is 31.5 Å². The number of pyridine rings is 1. The summed E-state index contributed by atoms with van der Waals surface area (Å²) in [5.74, 6) is 0.713. The molecule has 6 nitrogen and oxygen atoms in total. The maximum absolute atomic E-state index is 12.7. The summed E-state index contributed by atoms with van der Waals surface area (Å²) in [6.07, 6.45) is 6.22. The first-order valence-corrected chi connectivity index (χ1v) is 13.1. The SMILES string of the molecule is CN(C)C(=O)c1ccc2c(c1)C(=CCCN1CCC(O)(c3ccc(Cl)cc3)CC1)c1cccnc1CO2. The average Bonchev–Trinajstić information content (AvgIpc) is 3.06. The first kappa shape index (κ1) is 25.5. The molecular formula is C30H32ClN3O3. The molecule has 0 aliphatic carbocycles. The van der Waals surface area contributed by atoms with Crippen LogP contribution in [0.4, 0.5) is 0 Å². The van der Waals surface area contributed by atoms with Crippen LogP contribution >= 0.6 is 11.6 Å². The zero-order chi connectivity index (χ0) is 26.0. The number of rotatable bonds is 5. The van der Waals surface area contributed by atoms with Crippen LogP contribution in [0.5, 0.6) is 5.75 Å². The Morgan fingerprint density at radius 1 is 1.14 bits per heavy atom. The van der Waals surface area contributed by atoms with Crippen LogP contribution in [0.2, 0.25) is 5.02 Å². The van der Waals surface area contributed by atoms with E-state index in [0.29, 0.717) is 30.0 Å². The number of hydrogen-bond acceptors (Lipinski definition) is 5. The van der Waals surface area contributed by atoms with Gasteiger partial charge in [0.2, 0.25) is 0 Å². The van der Waals surface area contributed by atoms with E-state index in [9.17, 15) is 9.90 Å². The van der Waals surface area contributed by atoms with Crippen molar-refractivity contribution in [2.75, 3.05) is 33.7 Å². The van der Waals surface area contributed by atoms with Crippen LogP contribution in [0, 0.1) is 0 Å². The van der Waals surface area contributed by atoms with E-state index in [4.69, 9.17) is 16.3 Å². The molecule has 3 aromatic rings. The summed E-state index contributed by atoms with van der Waals surface area (Å²) in [5.41, 5.74) is 4.62. The largest absolute Gasteiger partial charge is 0.487 e. The lowest BCUT2D eigenvalue weighted by Crippen LogP contribution is -2.42.